The van der Waals surface area contributed by atoms with Crippen molar-refractivity contribution in [3.8, 4) is 61.4 Å². The Hall–Kier alpha value is -6.94. The highest BCUT2D eigenvalue weighted by Gasteiger charge is 2.23. The van der Waals surface area contributed by atoms with Crippen LogP contribution in [0.1, 0.15) is 23.5 Å². The van der Waals surface area contributed by atoms with E-state index in [4.69, 9.17) is 9.15 Å². The summed E-state index contributed by atoms with van der Waals surface area (Å²) in [5, 5.41) is 4.93. The maximum atomic E-state index is 6.47. The Labute approximate surface area is 347 Å². The minimum atomic E-state index is 0.364. The zero-order valence-electron chi connectivity index (χ0n) is 32.3. The average molecular weight is 775 g/mol. The molecular formula is C56H38O2S. The molecule has 2 aromatic heterocycles. The quantitative estimate of drug-likeness (QED) is 0.174. The molecular weight excluding hydrogens is 737 g/mol. The fourth-order valence-corrected chi connectivity index (χ4v) is 10.8. The summed E-state index contributed by atoms with van der Waals surface area (Å²) in [5.41, 5.74) is 16.7. The largest absolute Gasteiger partial charge is 0.493 e. The molecule has 0 radical (unpaired) electrons. The van der Waals surface area contributed by atoms with Crippen molar-refractivity contribution in [3.05, 3.63) is 199 Å². The first kappa shape index (κ1) is 34.1. The van der Waals surface area contributed by atoms with E-state index < -0.39 is 0 Å². The summed E-state index contributed by atoms with van der Waals surface area (Å²) in [6.45, 7) is 0.655. The van der Waals surface area contributed by atoms with E-state index in [2.05, 4.69) is 182 Å². The molecule has 0 amide bonds. The molecule has 2 nitrogen and oxygen atoms in total. The fourth-order valence-electron chi connectivity index (χ4n) is 9.37. The van der Waals surface area contributed by atoms with E-state index in [-0.39, 0.29) is 0 Å². The van der Waals surface area contributed by atoms with Gasteiger partial charge in [-0.2, -0.15) is 0 Å². The first-order valence-corrected chi connectivity index (χ1v) is 21.3. The number of para-hydroxylation sites is 1. The van der Waals surface area contributed by atoms with Crippen molar-refractivity contribution in [2.24, 2.45) is 0 Å². The predicted octanol–water partition coefficient (Wildman–Crippen LogP) is 15.8. The van der Waals surface area contributed by atoms with Crippen LogP contribution in [0.15, 0.2) is 193 Å². The van der Waals surface area contributed by atoms with Gasteiger partial charge in [0.1, 0.15) is 16.9 Å². The SMILES string of the molecule is C1=CC[C@H](c2cc(-c3ccccc3)cc(-c3cccc(-c4cccc(-c5ccc6c(c5)-c5c(ccc7c5sc5c7ccc7oc8ccccc8c75)CCO6)c4)c3)c2)C=C1. The number of furan rings is 1. The van der Waals surface area contributed by atoms with Crippen LogP contribution in [0.2, 0.25) is 0 Å². The van der Waals surface area contributed by atoms with Crippen LogP contribution in [-0.4, -0.2) is 6.61 Å². The molecule has 10 aromatic rings. The Morgan fingerprint density at radius 1 is 0.492 bits per heavy atom. The molecule has 0 N–H and O–H groups in total. The summed E-state index contributed by atoms with van der Waals surface area (Å²) < 4.78 is 15.4. The van der Waals surface area contributed by atoms with Gasteiger partial charge in [0.2, 0.25) is 0 Å². The molecule has 12 rings (SSSR count). The fraction of sp³-hybridized carbons (Fsp3) is 0.0714. The van der Waals surface area contributed by atoms with E-state index in [0.29, 0.717) is 12.5 Å². The Balaban J connectivity index is 0.950. The molecule has 0 unspecified atom stereocenters. The maximum absolute atomic E-state index is 6.47. The van der Waals surface area contributed by atoms with Gasteiger partial charge < -0.3 is 9.15 Å². The molecule has 280 valence electrons. The van der Waals surface area contributed by atoms with E-state index in [1.54, 1.807) is 0 Å². The number of rotatable bonds is 5. The minimum Gasteiger partial charge on any atom is -0.493 e. The van der Waals surface area contributed by atoms with Gasteiger partial charge >= 0.3 is 0 Å². The van der Waals surface area contributed by atoms with Gasteiger partial charge in [-0.1, -0.05) is 140 Å². The molecule has 1 atom stereocenters. The van der Waals surface area contributed by atoms with Crippen molar-refractivity contribution in [2.45, 2.75) is 18.8 Å². The molecule has 0 saturated carbocycles. The van der Waals surface area contributed by atoms with Crippen molar-refractivity contribution in [2.75, 3.05) is 6.61 Å². The number of ether oxygens (including phenoxy) is 1. The summed E-state index contributed by atoms with van der Waals surface area (Å²) in [6.07, 6.45) is 10.8. The molecule has 3 heteroatoms. The van der Waals surface area contributed by atoms with Gasteiger partial charge in [0, 0.05) is 54.4 Å². The second-order valence-electron chi connectivity index (χ2n) is 15.8. The molecule has 8 aromatic carbocycles. The molecule has 1 aliphatic heterocycles. The molecule has 0 bridgehead atoms. The number of hydrogen-bond donors (Lipinski definition) is 0. The normalized spacial score (nSPS) is 14.7. The van der Waals surface area contributed by atoms with Gasteiger partial charge in [0.05, 0.1) is 6.61 Å². The molecule has 3 heterocycles. The highest BCUT2D eigenvalue weighted by atomic mass is 32.1. The Kier molecular flexibility index (Phi) is 8.02. The number of benzene rings is 8. The second kappa shape index (κ2) is 13.9. The van der Waals surface area contributed by atoms with Crippen molar-refractivity contribution in [3.63, 3.8) is 0 Å². The number of thiophene rings is 1. The van der Waals surface area contributed by atoms with E-state index in [0.717, 1.165) is 35.3 Å². The van der Waals surface area contributed by atoms with Gasteiger partial charge in [-0.15, -0.1) is 11.3 Å². The van der Waals surface area contributed by atoms with E-state index in [1.165, 1.54) is 92.1 Å². The Bertz CT molecular complexity index is 3340. The first-order valence-electron chi connectivity index (χ1n) is 20.5. The third-order valence-corrected chi connectivity index (χ3v) is 13.6. The average Bonchev–Trinajstić information content (AvgIpc) is 3.82. The molecule has 0 spiro atoms. The summed E-state index contributed by atoms with van der Waals surface area (Å²) in [6, 6.07) is 60.0. The lowest BCUT2D eigenvalue weighted by Gasteiger charge is -2.18. The topological polar surface area (TPSA) is 22.4 Å². The lowest BCUT2D eigenvalue weighted by molar-refractivity contribution is 0.326. The monoisotopic (exact) mass is 774 g/mol. The van der Waals surface area contributed by atoms with E-state index in [9.17, 15) is 0 Å². The van der Waals surface area contributed by atoms with Gasteiger partial charge in [-0.05, 0) is 111 Å². The third kappa shape index (κ3) is 5.84. The highest BCUT2D eigenvalue weighted by Crippen LogP contribution is 2.49. The van der Waals surface area contributed by atoms with Crippen molar-refractivity contribution in [1.29, 1.82) is 0 Å². The third-order valence-electron chi connectivity index (χ3n) is 12.3. The summed E-state index contributed by atoms with van der Waals surface area (Å²) >= 11 is 1.89. The van der Waals surface area contributed by atoms with Crippen LogP contribution >= 0.6 is 11.3 Å². The molecule has 2 aliphatic rings. The summed E-state index contributed by atoms with van der Waals surface area (Å²) in [5.74, 6) is 1.31. The van der Waals surface area contributed by atoms with Crippen LogP contribution in [0.3, 0.4) is 0 Å². The summed E-state index contributed by atoms with van der Waals surface area (Å²) in [4.78, 5) is 0. The van der Waals surface area contributed by atoms with Crippen LogP contribution < -0.4 is 4.74 Å². The van der Waals surface area contributed by atoms with E-state index >= 15 is 0 Å². The van der Waals surface area contributed by atoms with Gasteiger partial charge in [-0.25, -0.2) is 0 Å². The minimum absolute atomic E-state index is 0.364. The molecule has 0 fully saturated rings. The molecule has 59 heavy (non-hydrogen) atoms. The Morgan fingerprint density at radius 2 is 1.17 bits per heavy atom. The standard InChI is InChI=1S/C56H38O2S/c1-3-11-35(12-4-1)43-31-44(36-13-5-2-6-14-36)33-45(32-43)41-18-10-16-39(30-41)38-15-9-17-40(29-38)42-22-25-50-49(34-42)53-37(27-28-57-50)21-23-46-47-24-26-52-54(56(47)59-55(46)53)48-19-7-8-20-51(48)58-52/h1-13,15-26,29-34,36H,14,27-28H2/t36-/m1/s1. The number of allylic oxidation sites excluding steroid dienone is 4. The first-order chi connectivity index (χ1) is 29.2. The van der Waals surface area contributed by atoms with Crippen LogP contribution in [0.25, 0.3) is 97.7 Å². The van der Waals surface area contributed by atoms with Crippen LogP contribution in [-0.2, 0) is 6.42 Å². The van der Waals surface area contributed by atoms with Crippen LogP contribution in [0.4, 0.5) is 0 Å². The zero-order chi connectivity index (χ0) is 38.9. The van der Waals surface area contributed by atoms with Crippen molar-refractivity contribution in [1.82, 2.24) is 0 Å². The second-order valence-corrected chi connectivity index (χ2v) is 16.8. The number of fused-ring (bicyclic) bond motifs is 11. The zero-order valence-corrected chi connectivity index (χ0v) is 33.1. The van der Waals surface area contributed by atoms with Gasteiger partial charge in [0.15, 0.2) is 0 Å². The highest BCUT2D eigenvalue weighted by molar-refractivity contribution is 7.27. The lowest BCUT2D eigenvalue weighted by atomic mass is 9.87. The summed E-state index contributed by atoms with van der Waals surface area (Å²) in [7, 11) is 0. The van der Waals surface area contributed by atoms with Gasteiger partial charge in [0.25, 0.3) is 0 Å². The molecule has 1 aliphatic carbocycles. The van der Waals surface area contributed by atoms with Crippen LogP contribution in [0, 0.1) is 0 Å². The number of hydrogen-bond acceptors (Lipinski definition) is 3. The Morgan fingerprint density at radius 3 is 1.97 bits per heavy atom. The lowest BCUT2D eigenvalue weighted by Crippen LogP contribution is -1.98. The smallest absolute Gasteiger partial charge is 0.136 e. The van der Waals surface area contributed by atoms with Crippen LogP contribution in [0.5, 0.6) is 5.75 Å². The van der Waals surface area contributed by atoms with Crippen molar-refractivity contribution < 1.29 is 9.15 Å². The predicted molar refractivity (Wildman–Crippen MR) is 249 cm³/mol. The molecule has 0 saturated heterocycles. The van der Waals surface area contributed by atoms with Crippen molar-refractivity contribution >= 4 is 53.4 Å². The maximum Gasteiger partial charge on any atom is 0.136 e. The van der Waals surface area contributed by atoms with E-state index in [1.807, 2.05) is 17.4 Å². The van der Waals surface area contributed by atoms with Gasteiger partial charge in [-0.3, -0.25) is 0 Å².